The molecule has 7 rings (SSSR count). The lowest BCUT2D eigenvalue weighted by Gasteiger charge is -2.26. The predicted octanol–water partition coefficient (Wildman–Crippen LogP) is 7.79. The summed E-state index contributed by atoms with van der Waals surface area (Å²) < 4.78 is 13.9. The summed E-state index contributed by atoms with van der Waals surface area (Å²) in [4.78, 5) is 33.5. The smallest absolute Gasteiger partial charge is 0.338 e. The van der Waals surface area contributed by atoms with E-state index in [0.717, 1.165) is 28.0 Å². The number of hydrogen-bond acceptors (Lipinski definition) is 6. The van der Waals surface area contributed by atoms with Crippen LogP contribution in [-0.4, -0.2) is 17.1 Å². The number of hydrogen-bond donors (Lipinski definition) is 0. The van der Waals surface area contributed by atoms with Crippen molar-refractivity contribution in [1.82, 2.24) is 4.57 Å². The Balaban J connectivity index is 1.28. The molecule has 0 radical (unpaired) electrons. The van der Waals surface area contributed by atoms with Gasteiger partial charge in [-0.3, -0.25) is 9.36 Å². The van der Waals surface area contributed by atoms with Crippen molar-refractivity contribution in [2.24, 2.45) is 4.99 Å². The summed E-state index contributed by atoms with van der Waals surface area (Å²) in [5, 5.41) is 2.35. The second-order valence-electron chi connectivity index (χ2n) is 12.2. The van der Waals surface area contributed by atoms with Gasteiger partial charge in [0.1, 0.15) is 12.4 Å². The van der Waals surface area contributed by atoms with Gasteiger partial charge < -0.3 is 9.47 Å². The van der Waals surface area contributed by atoms with Gasteiger partial charge in [0.15, 0.2) is 4.80 Å². The molecule has 7 heteroatoms. The molecule has 0 amide bonds. The van der Waals surface area contributed by atoms with Crippen LogP contribution in [-0.2, 0) is 16.1 Å². The molecule has 0 spiro atoms. The Bertz CT molecular complexity index is 2350. The third-order valence-electron chi connectivity index (χ3n) is 8.74. The maximum atomic E-state index is 14.3. The molecule has 244 valence electrons. The van der Waals surface area contributed by atoms with Gasteiger partial charge in [0.2, 0.25) is 0 Å². The Kier molecular flexibility index (Phi) is 9.09. The highest BCUT2D eigenvalue weighted by atomic mass is 32.1. The van der Waals surface area contributed by atoms with Crippen molar-refractivity contribution < 1.29 is 14.3 Å². The molecule has 2 heterocycles. The van der Waals surface area contributed by atoms with Crippen LogP contribution in [0.3, 0.4) is 0 Å². The number of rotatable bonds is 9. The molecule has 0 bridgehead atoms. The highest BCUT2D eigenvalue weighted by Gasteiger charge is 2.35. The van der Waals surface area contributed by atoms with Crippen LogP contribution >= 0.6 is 11.3 Å². The summed E-state index contributed by atoms with van der Waals surface area (Å²) in [7, 11) is 0. The van der Waals surface area contributed by atoms with Gasteiger partial charge in [-0.25, -0.2) is 9.79 Å². The van der Waals surface area contributed by atoms with E-state index in [9.17, 15) is 9.59 Å². The van der Waals surface area contributed by atoms with E-state index in [0.29, 0.717) is 33.1 Å². The Morgan fingerprint density at radius 2 is 1.59 bits per heavy atom. The van der Waals surface area contributed by atoms with Crippen molar-refractivity contribution in [3.8, 4) is 5.75 Å². The van der Waals surface area contributed by atoms with Gasteiger partial charge in [0.25, 0.3) is 5.56 Å². The van der Waals surface area contributed by atoms with Gasteiger partial charge in [-0.2, -0.15) is 0 Å². The van der Waals surface area contributed by atoms with Crippen LogP contribution in [0, 0.1) is 0 Å². The summed E-state index contributed by atoms with van der Waals surface area (Å²) in [6.45, 7) is 6.71. The Labute approximate surface area is 288 Å². The van der Waals surface area contributed by atoms with E-state index < -0.39 is 12.0 Å². The minimum absolute atomic E-state index is 0.204. The van der Waals surface area contributed by atoms with Crippen LogP contribution in [0.2, 0.25) is 0 Å². The fourth-order valence-corrected chi connectivity index (χ4v) is 7.21. The van der Waals surface area contributed by atoms with Gasteiger partial charge in [0.05, 0.1) is 28.5 Å². The number of fused-ring (bicyclic) bond motifs is 2. The summed E-state index contributed by atoms with van der Waals surface area (Å²) in [6.07, 6.45) is 1.87. The van der Waals surface area contributed by atoms with Crippen molar-refractivity contribution in [2.45, 2.75) is 39.3 Å². The largest absolute Gasteiger partial charge is 0.489 e. The minimum atomic E-state index is -0.710. The fourth-order valence-electron chi connectivity index (χ4n) is 6.21. The molecule has 1 atom stereocenters. The second kappa shape index (κ2) is 13.9. The zero-order chi connectivity index (χ0) is 33.9. The molecule has 0 N–H and O–H groups in total. The van der Waals surface area contributed by atoms with E-state index >= 15 is 0 Å². The van der Waals surface area contributed by atoms with Gasteiger partial charge in [-0.15, -0.1) is 0 Å². The average molecular weight is 665 g/mol. The fraction of sp³-hybridized carbons (Fsp3) is 0.167. The van der Waals surface area contributed by atoms with Gasteiger partial charge >= 0.3 is 5.97 Å². The lowest BCUT2D eigenvalue weighted by Crippen LogP contribution is -2.40. The molecule has 1 aliphatic rings. The van der Waals surface area contributed by atoms with Gasteiger partial charge in [-0.05, 0) is 64.1 Å². The molecule has 0 saturated heterocycles. The molecule has 0 aliphatic carbocycles. The average Bonchev–Trinajstić information content (AvgIpc) is 3.44. The standard InChI is InChI=1S/C42H36N2O4S/c1-4-47-41(46)37-38(31-12-6-5-7-13-31)43-42-44(39(37)32-21-19-29(20-22-32)27(2)3)40(45)36(49-42)25-28-17-23-34(24-18-28)48-26-33-15-10-14-30-11-8-9-16-35(30)33/h5-25,27,39H,4,26H2,1-3H3/b36-25-/t39-/m1/s1. The minimum Gasteiger partial charge on any atom is -0.489 e. The maximum absolute atomic E-state index is 14.3. The third-order valence-corrected chi connectivity index (χ3v) is 9.73. The number of aromatic nitrogens is 1. The molecule has 5 aromatic carbocycles. The summed E-state index contributed by atoms with van der Waals surface area (Å²) >= 11 is 1.31. The monoisotopic (exact) mass is 664 g/mol. The summed E-state index contributed by atoms with van der Waals surface area (Å²) in [5.74, 6) is 0.588. The highest BCUT2D eigenvalue weighted by Crippen LogP contribution is 2.35. The molecule has 0 fully saturated rings. The van der Waals surface area contributed by atoms with Crippen molar-refractivity contribution in [1.29, 1.82) is 0 Å². The van der Waals surface area contributed by atoms with Crippen molar-refractivity contribution in [2.75, 3.05) is 6.61 Å². The molecular formula is C42H36N2O4S. The van der Waals surface area contributed by atoms with Crippen LogP contribution in [0.25, 0.3) is 22.5 Å². The first kappa shape index (κ1) is 32.0. The molecular weight excluding hydrogens is 629 g/mol. The molecule has 1 aromatic heterocycles. The third kappa shape index (κ3) is 6.50. The summed E-state index contributed by atoms with van der Waals surface area (Å²) in [5.41, 5.74) is 5.39. The zero-order valence-electron chi connectivity index (χ0n) is 27.6. The highest BCUT2D eigenvalue weighted by molar-refractivity contribution is 7.07. The van der Waals surface area contributed by atoms with E-state index in [-0.39, 0.29) is 12.2 Å². The van der Waals surface area contributed by atoms with Crippen molar-refractivity contribution >= 4 is 39.9 Å². The van der Waals surface area contributed by atoms with E-state index in [1.54, 1.807) is 11.5 Å². The van der Waals surface area contributed by atoms with Gasteiger partial charge in [0, 0.05) is 5.56 Å². The molecule has 0 saturated carbocycles. The Hall–Kier alpha value is -5.53. The van der Waals surface area contributed by atoms with Gasteiger partial charge in [-0.1, -0.05) is 134 Å². The summed E-state index contributed by atoms with van der Waals surface area (Å²) in [6, 6.07) is 39.2. The SMILES string of the molecule is CCOC(=O)C1=C(c2ccccc2)N=c2s/c(=C\c3ccc(OCc4cccc5ccccc45)cc3)c(=O)n2[C@@H]1c1ccc(C(C)C)cc1. The van der Waals surface area contributed by atoms with Crippen molar-refractivity contribution in [3.05, 3.63) is 174 Å². The second-order valence-corrected chi connectivity index (χ2v) is 13.3. The Morgan fingerprint density at radius 3 is 2.33 bits per heavy atom. The number of thiazole rings is 1. The lowest BCUT2D eigenvalue weighted by atomic mass is 9.91. The maximum Gasteiger partial charge on any atom is 0.338 e. The molecule has 0 unspecified atom stereocenters. The van der Waals surface area contributed by atoms with Crippen LogP contribution < -0.4 is 19.6 Å². The number of benzene rings is 5. The number of ether oxygens (including phenoxy) is 2. The first-order chi connectivity index (χ1) is 23.9. The topological polar surface area (TPSA) is 69.9 Å². The van der Waals surface area contributed by atoms with E-state index in [2.05, 4.69) is 50.2 Å². The Morgan fingerprint density at radius 1 is 0.878 bits per heavy atom. The normalized spacial score (nSPS) is 14.5. The molecule has 6 nitrogen and oxygen atoms in total. The van der Waals surface area contributed by atoms with Crippen LogP contribution in [0.1, 0.15) is 60.5 Å². The molecule has 49 heavy (non-hydrogen) atoms. The first-order valence-electron chi connectivity index (χ1n) is 16.5. The number of esters is 1. The molecule has 1 aliphatic heterocycles. The van der Waals surface area contributed by atoms with Crippen LogP contribution in [0.5, 0.6) is 5.75 Å². The zero-order valence-corrected chi connectivity index (χ0v) is 28.4. The van der Waals surface area contributed by atoms with Crippen LogP contribution in [0.15, 0.2) is 137 Å². The first-order valence-corrected chi connectivity index (χ1v) is 17.3. The quantitative estimate of drug-likeness (QED) is 0.148. The number of carbonyl (C=O) groups excluding carboxylic acids is 1. The van der Waals surface area contributed by atoms with Crippen molar-refractivity contribution in [3.63, 3.8) is 0 Å². The predicted molar refractivity (Wildman–Crippen MR) is 196 cm³/mol. The van der Waals surface area contributed by atoms with E-state index in [4.69, 9.17) is 14.5 Å². The van der Waals surface area contributed by atoms with E-state index in [1.165, 1.54) is 27.7 Å². The number of carbonyl (C=O) groups is 1. The number of nitrogens with zero attached hydrogens (tertiary/aromatic N) is 2. The van der Waals surface area contributed by atoms with Crippen LogP contribution in [0.4, 0.5) is 0 Å². The van der Waals surface area contributed by atoms with E-state index in [1.807, 2.05) is 91.0 Å². The molecule has 6 aromatic rings. The lowest BCUT2D eigenvalue weighted by molar-refractivity contribution is -0.138.